The topological polar surface area (TPSA) is 57.6 Å². The molecule has 0 aliphatic carbocycles. The van der Waals surface area contributed by atoms with Gasteiger partial charge in [0.1, 0.15) is 0 Å². The molecule has 1 heterocycles. The number of hydrogen-bond donors (Lipinski definition) is 1. The van der Waals surface area contributed by atoms with Gasteiger partial charge in [-0.25, -0.2) is 0 Å². The van der Waals surface area contributed by atoms with Crippen molar-refractivity contribution in [2.45, 2.75) is 16.2 Å². The second kappa shape index (κ2) is 7.38. The molecule has 1 aliphatic rings. The van der Waals surface area contributed by atoms with Crippen LogP contribution in [-0.4, -0.2) is 54.8 Å². The Bertz CT molecular complexity index is 719. The monoisotopic (exact) mass is 344 g/mol. The van der Waals surface area contributed by atoms with Crippen molar-refractivity contribution >= 4 is 62.8 Å². The molecule has 0 amide bonds. The van der Waals surface area contributed by atoms with Gasteiger partial charge in [-0.05, 0) is 30.7 Å². The van der Waals surface area contributed by atoms with Crippen molar-refractivity contribution < 1.29 is 13.0 Å². The predicted molar refractivity (Wildman–Crippen MR) is 90.8 cm³/mol. The molecule has 0 spiro atoms. The normalized spacial score (nSPS) is 13.0. The molecule has 0 saturated heterocycles. The molecule has 0 saturated carbocycles. The third-order valence-electron chi connectivity index (χ3n) is 3.32. The Morgan fingerprint density at radius 3 is 1.95 bits per heavy atom. The van der Waals surface area contributed by atoms with Crippen LogP contribution in [0.2, 0.25) is 0 Å². The molecular formula is C15H15NNaO3S2. The molecule has 0 bridgehead atoms. The zero-order valence-electron chi connectivity index (χ0n) is 12.3. The van der Waals surface area contributed by atoms with Crippen molar-refractivity contribution in [3.63, 3.8) is 0 Å². The van der Waals surface area contributed by atoms with Gasteiger partial charge in [-0.1, -0.05) is 36.0 Å². The molecule has 2 aromatic rings. The van der Waals surface area contributed by atoms with E-state index in [0.717, 1.165) is 21.2 Å². The fourth-order valence-electron chi connectivity index (χ4n) is 2.43. The molecule has 1 N–H and O–H groups in total. The number of fused-ring (bicyclic) bond motifs is 2. The van der Waals surface area contributed by atoms with E-state index in [1.807, 2.05) is 36.4 Å². The van der Waals surface area contributed by atoms with Crippen LogP contribution in [0.5, 0.6) is 0 Å². The van der Waals surface area contributed by atoms with Crippen LogP contribution in [0.4, 0.5) is 11.4 Å². The number of rotatable bonds is 4. The molecule has 0 fully saturated rings. The molecule has 0 atom stereocenters. The van der Waals surface area contributed by atoms with Gasteiger partial charge in [0.25, 0.3) is 10.1 Å². The number of hydrogen-bond acceptors (Lipinski definition) is 4. The number of nitrogens with zero attached hydrogens (tertiary/aromatic N) is 1. The van der Waals surface area contributed by atoms with Gasteiger partial charge in [-0.15, -0.1) is 0 Å². The van der Waals surface area contributed by atoms with E-state index in [0.29, 0.717) is 13.0 Å². The fraction of sp³-hybridized carbons (Fsp3) is 0.200. The summed E-state index contributed by atoms with van der Waals surface area (Å²) in [7, 11) is -3.91. The zero-order chi connectivity index (χ0) is 14.9. The van der Waals surface area contributed by atoms with Crippen molar-refractivity contribution in [3.8, 4) is 0 Å². The van der Waals surface area contributed by atoms with E-state index in [4.69, 9.17) is 4.55 Å². The molecule has 3 rings (SSSR count). The summed E-state index contributed by atoms with van der Waals surface area (Å²) in [4.78, 5) is 4.43. The third-order valence-corrected chi connectivity index (χ3v) is 5.25. The second-order valence-electron chi connectivity index (χ2n) is 4.83. The van der Waals surface area contributed by atoms with Crippen molar-refractivity contribution in [2.75, 3.05) is 17.2 Å². The summed E-state index contributed by atoms with van der Waals surface area (Å²) in [5.74, 6) is -0.221. The summed E-state index contributed by atoms with van der Waals surface area (Å²) in [5.41, 5.74) is 2.16. The largest absolute Gasteiger partial charge is 0.340 e. The molecular weight excluding hydrogens is 329 g/mol. The molecule has 0 aromatic heterocycles. The first-order valence-electron chi connectivity index (χ1n) is 6.63. The molecule has 22 heavy (non-hydrogen) atoms. The van der Waals surface area contributed by atoms with E-state index in [1.54, 1.807) is 11.8 Å². The summed E-state index contributed by atoms with van der Waals surface area (Å²) in [6.45, 7) is 0.550. The summed E-state index contributed by atoms with van der Waals surface area (Å²) < 4.78 is 30.7. The average molecular weight is 344 g/mol. The van der Waals surface area contributed by atoms with Gasteiger partial charge in [0.2, 0.25) is 0 Å². The van der Waals surface area contributed by atoms with Crippen LogP contribution in [-0.2, 0) is 10.1 Å². The van der Waals surface area contributed by atoms with E-state index in [-0.39, 0.29) is 35.3 Å². The van der Waals surface area contributed by atoms with Crippen LogP contribution >= 0.6 is 11.8 Å². The van der Waals surface area contributed by atoms with Crippen LogP contribution in [0, 0.1) is 0 Å². The van der Waals surface area contributed by atoms with E-state index >= 15 is 0 Å². The maximum atomic E-state index is 10.9. The summed E-state index contributed by atoms with van der Waals surface area (Å²) in [6.07, 6.45) is 0.381. The van der Waals surface area contributed by atoms with Gasteiger partial charge in [0, 0.05) is 45.9 Å². The molecule has 7 heteroatoms. The first-order chi connectivity index (χ1) is 10.0. The molecule has 4 nitrogen and oxygen atoms in total. The van der Waals surface area contributed by atoms with Crippen molar-refractivity contribution in [2.24, 2.45) is 0 Å². The van der Waals surface area contributed by atoms with Gasteiger partial charge < -0.3 is 4.90 Å². The number of para-hydroxylation sites is 2. The molecule has 1 aliphatic heterocycles. The molecule has 1 radical (unpaired) electrons. The minimum Gasteiger partial charge on any atom is -0.340 e. The van der Waals surface area contributed by atoms with Gasteiger partial charge in [0.15, 0.2) is 0 Å². The van der Waals surface area contributed by atoms with E-state index in [1.165, 1.54) is 0 Å². The van der Waals surface area contributed by atoms with Gasteiger partial charge >= 0.3 is 0 Å². The van der Waals surface area contributed by atoms with Crippen molar-refractivity contribution in [1.29, 1.82) is 0 Å². The Hall–Kier alpha value is -0.500. The summed E-state index contributed by atoms with van der Waals surface area (Å²) >= 11 is 1.72. The Kier molecular flexibility index (Phi) is 5.99. The Morgan fingerprint density at radius 1 is 0.955 bits per heavy atom. The maximum Gasteiger partial charge on any atom is 0.264 e. The van der Waals surface area contributed by atoms with E-state index < -0.39 is 10.1 Å². The first-order valence-corrected chi connectivity index (χ1v) is 9.06. The predicted octanol–water partition coefficient (Wildman–Crippen LogP) is 3.19. The van der Waals surface area contributed by atoms with E-state index in [9.17, 15) is 8.42 Å². The molecule has 0 unspecified atom stereocenters. The van der Waals surface area contributed by atoms with Crippen LogP contribution in [0.25, 0.3) is 0 Å². The number of benzene rings is 2. The molecule has 2 aromatic carbocycles. The van der Waals surface area contributed by atoms with Crippen molar-refractivity contribution in [3.05, 3.63) is 48.5 Å². The summed E-state index contributed by atoms with van der Waals surface area (Å²) in [5, 5.41) is 0. The minimum absolute atomic E-state index is 0. The number of anilines is 2. The van der Waals surface area contributed by atoms with Crippen LogP contribution < -0.4 is 4.90 Å². The molecule has 111 valence electrons. The van der Waals surface area contributed by atoms with E-state index in [2.05, 4.69) is 17.0 Å². The van der Waals surface area contributed by atoms with Crippen molar-refractivity contribution in [1.82, 2.24) is 0 Å². The Morgan fingerprint density at radius 2 is 1.45 bits per heavy atom. The standard InChI is InChI=1S/C15H15NO3S2.Na/c17-21(18,19)11-5-10-16-12-6-1-3-8-14(12)20-15-9-4-2-7-13(15)16;/h1-4,6-9H,5,10-11H2,(H,17,18,19);. The van der Waals surface area contributed by atoms with Gasteiger partial charge in [-0.2, -0.15) is 8.42 Å². The zero-order valence-corrected chi connectivity index (χ0v) is 15.9. The first kappa shape index (κ1) is 17.8. The Labute approximate surface area is 157 Å². The third kappa shape index (κ3) is 4.07. The van der Waals surface area contributed by atoms with Gasteiger partial charge in [0.05, 0.1) is 17.1 Å². The minimum atomic E-state index is -3.91. The summed E-state index contributed by atoms with van der Waals surface area (Å²) in [6, 6.07) is 16.1. The quantitative estimate of drug-likeness (QED) is 0.682. The van der Waals surface area contributed by atoms with Crippen LogP contribution in [0.15, 0.2) is 58.3 Å². The van der Waals surface area contributed by atoms with Crippen LogP contribution in [0.3, 0.4) is 0 Å². The van der Waals surface area contributed by atoms with Gasteiger partial charge in [-0.3, -0.25) is 4.55 Å². The SMILES string of the molecule is O=S(=O)(O)CCCN1c2ccccc2Sc2ccccc21.[Na]. The maximum absolute atomic E-state index is 10.9. The average Bonchev–Trinajstić information content (AvgIpc) is 2.45. The Balaban J connectivity index is 0.00000176. The smallest absolute Gasteiger partial charge is 0.264 e. The fourth-order valence-corrected chi connectivity index (χ4v) is 4.02. The van der Waals surface area contributed by atoms with Crippen LogP contribution in [0.1, 0.15) is 6.42 Å². The second-order valence-corrected chi connectivity index (χ2v) is 7.48.